The Labute approximate surface area is 185 Å². The number of rotatable bonds is 16. The molecule has 0 saturated heterocycles. The fourth-order valence-electron chi connectivity index (χ4n) is 1.72. The number of hydrogen-bond acceptors (Lipinski definition) is 6. The predicted octanol–water partition coefficient (Wildman–Crippen LogP) is 3.16. The fraction of sp³-hybridized carbons (Fsp3) is 0.941. The van der Waals surface area contributed by atoms with E-state index in [4.69, 9.17) is 23.7 Å². The largest absolute Gasteiger partial charge is 0.444 e. The third-order valence-electron chi connectivity index (χ3n) is 2.85. The highest BCUT2D eigenvalue weighted by Crippen LogP contribution is 2.09. The van der Waals surface area contributed by atoms with Gasteiger partial charge in [-0.2, -0.15) is 0 Å². The van der Waals surface area contributed by atoms with E-state index in [1.54, 1.807) is 4.90 Å². The molecular formula is C17H33I2NO6. The van der Waals surface area contributed by atoms with Crippen molar-refractivity contribution in [1.29, 1.82) is 0 Å². The van der Waals surface area contributed by atoms with E-state index in [-0.39, 0.29) is 6.09 Å². The maximum Gasteiger partial charge on any atom is 0.410 e. The number of nitrogens with zero attached hydrogens (tertiary/aromatic N) is 1. The van der Waals surface area contributed by atoms with Crippen molar-refractivity contribution < 1.29 is 28.5 Å². The minimum absolute atomic E-state index is 0.355. The summed E-state index contributed by atoms with van der Waals surface area (Å²) in [6, 6.07) is 0. The van der Waals surface area contributed by atoms with Gasteiger partial charge in [0.25, 0.3) is 0 Å². The Hall–Kier alpha value is 0.570. The zero-order valence-corrected chi connectivity index (χ0v) is 20.5. The fourth-order valence-corrected chi connectivity index (χ4v) is 2.35. The van der Waals surface area contributed by atoms with Gasteiger partial charge in [0, 0.05) is 21.9 Å². The Bertz CT molecular complexity index is 324. The molecule has 0 bridgehead atoms. The SMILES string of the molecule is CC(C)(C)OC(=O)N(CCOCCOCCI)CCOCCOCCI. The maximum absolute atomic E-state index is 12.3. The molecule has 1 amide bonds. The first-order valence-corrected chi connectivity index (χ1v) is 11.9. The highest BCUT2D eigenvalue weighted by Gasteiger charge is 2.21. The number of ether oxygens (including phenoxy) is 5. The lowest BCUT2D eigenvalue weighted by Gasteiger charge is -2.27. The van der Waals surface area contributed by atoms with E-state index in [9.17, 15) is 4.79 Å². The van der Waals surface area contributed by atoms with Crippen LogP contribution in [0.2, 0.25) is 0 Å². The standard InChI is InChI=1S/C17H33I2NO6/c1-17(2,3)26-16(21)20(6-10-24-14-12-22-8-4-18)7-11-25-15-13-23-9-5-19/h4-15H2,1-3H3. The molecule has 0 spiro atoms. The van der Waals surface area contributed by atoms with Gasteiger partial charge in [0.15, 0.2) is 0 Å². The summed E-state index contributed by atoms with van der Waals surface area (Å²) < 4.78 is 29.1. The van der Waals surface area contributed by atoms with Crippen molar-refractivity contribution in [2.75, 3.05) is 74.8 Å². The van der Waals surface area contributed by atoms with Crippen LogP contribution in [0, 0.1) is 0 Å². The Morgan fingerprint density at radius 2 is 1.12 bits per heavy atom. The number of carbonyl (C=O) groups is 1. The van der Waals surface area contributed by atoms with Gasteiger partial charge in [0.05, 0.1) is 52.9 Å². The molecule has 0 atom stereocenters. The monoisotopic (exact) mass is 601 g/mol. The molecule has 26 heavy (non-hydrogen) atoms. The van der Waals surface area contributed by atoms with Crippen LogP contribution >= 0.6 is 45.2 Å². The zero-order valence-electron chi connectivity index (χ0n) is 16.1. The van der Waals surface area contributed by atoms with Crippen LogP contribution in [-0.2, 0) is 23.7 Å². The van der Waals surface area contributed by atoms with E-state index < -0.39 is 5.60 Å². The summed E-state index contributed by atoms with van der Waals surface area (Å²) >= 11 is 4.53. The summed E-state index contributed by atoms with van der Waals surface area (Å²) in [5.74, 6) is 0. The number of halogens is 2. The molecular weight excluding hydrogens is 568 g/mol. The first-order valence-electron chi connectivity index (χ1n) is 8.81. The van der Waals surface area contributed by atoms with Gasteiger partial charge in [0.2, 0.25) is 0 Å². The second-order valence-corrected chi connectivity index (χ2v) is 8.45. The van der Waals surface area contributed by atoms with Crippen molar-refractivity contribution in [3.8, 4) is 0 Å². The van der Waals surface area contributed by atoms with Crippen molar-refractivity contribution in [3.63, 3.8) is 0 Å². The van der Waals surface area contributed by atoms with Gasteiger partial charge in [-0.1, -0.05) is 45.2 Å². The molecule has 7 nitrogen and oxygen atoms in total. The van der Waals surface area contributed by atoms with Gasteiger partial charge in [-0.3, -0.25) is 0 Å². The van der Waals surface area contributed by atoms with Gasteiger partial charge in [0.1, 0.15) is 5.60 Å². The van der Waals surface area contributed by atoms with Crippen molar-refractivity contribution in [3.05, 3.63) is 0 Å². The second-order valence-electron chi connectivity index (χ2n) is 6.29. The summed E-state index contributed by atoms with van der Waals surface area (Å²) in [6.45, 7) is 11.0. The van der Waals surface area contributed by atoms with Gasteiger partial charge in [-0.15, -0.1) is 0 Å². The minimum atomic E-state index is -0.530. The summed E-state index contributed by atoms with van der Waals surface area (Å²) in [5.41, 5.74) is -0.530. The molecule has 0 radical (unpaired) electrons. The molecule has 0 aromatic heterocycles. The second kappa shape index (κ2) is 17.7. The van der Waals surface area contributed by atoms with E-state index in [1.807, 2.05) is 20.8 Å². The van der Waals surface area contributed by atoms with Gasteiger partial charge < -0.3 is 28.6 Å². The van der Waals surface area contributed by atoms with Crippen LogP contribution in [0.5, 0.6) is 0 Å². The first-order chi connectivity index (χ1) is 12.4. The molecule has 0 unspecified atom stereocenters. The Morgan fingerprint density at radius 1 is 0.731 bits per heavy atom. The van der Waals surface area contributed by atoms with Crippen LogP contribution in [0.4, 0.5) is 4.79 Å². The van der Waals surface area contributed by atoms with Crippen LogP contribution in [0.1, 0.15) is 20.8 Å². The lowest BCUT2D eigenvalue weighted by Crippen LogP contribution is -2.40. The molecule has 9 heteroatoms. The van der Waals surface area contributed by atoms with E-state index in [0.717, 1.165) is 22.1 Å². The van der Waals surface area contributed by atoms with E-state index >= 15 is 0 Å². The number of hydrogen-bond donors (Lipinski definition) is 0. The molecule has 0 fully saturated rings. The zero-order chi connectivity index (χ0) is 19.7. The molecule has 0 aliphatic rings. The number of alkyl halides is 2. The van der Waals surface area contributed by atoms with E-state index in [1.165, 1.54) is 0 Å². The summed E-state index contributed by atoms with van der Waals surface area (Å²) in [6.07, 6.45) is -0.355. The predicted molar refractivity (Wildman–Crippen MR) is 119 cm³/mol. The molecule has 0 heterocycles. The highest BCUT2D eigenvalue weighted by molar-refractivity contribution is 14.1. The van der Waals surface area contributed by atoms with Crippen molar-refractivity contribution in [2.45, 2.75) is 26.4 Å². The van der Waals surface area contributed by atoms with E-state index in [2.05, 4.69) is 45.2 Å². The summed E-state index contributed by atoms with van der Waals surface area (Å²) in [7, 11) is 0. The molecule has 0 saturated carbocycles. The Balaban J connectivity index is 4.07. The molecule has 0 rings (SSSR count). The topological polar surface area (TPSA) is 66.5 Å². The normalized spacial score (nSPS) is 11.6. The van der Waals surface area contributed by atoms with E-state index in [0.29, 0.717) is 52.7 Å². The van der Waals surface area contributed by atoms with Crippen LogP contribution in [0.3, 0.4) is 0 Å². The van der Waals surface area contributed by atoms with Crippen molar-refractivity contribution in [1.82, 2.24) is 4.90 Å². The third-order valence-corrected chi connectivity index (χ3v) is 3.73. The molecule has 0 aromatic carbocycles. The third kappa shape index (κ3) is 18.0. The number of carbonyl (C=O) groups excluding carboxylic acids is 1. The maximum atomic E-state index is 12.3. The van der Waals surface area contributed by atoms with Crippen molar-refractivity contribution >= 4 is 51.3 Å². The Morgan fingerprint density at radius 3 is 1.46 bits per heavy atom. The van der Waals surface area contributed by atoms with Crippen LogP contribution in [0.15, 0.2) is 0 Å². The number of amides is 1. The minimum Gasteiger partial charge on any atom is -0.444 e. The average Bonchev–Trinajstić information content (AvgIpc) is 2.56. The van der Waals surface area contributed by atoms with Gasteiger partial charge in [-0.25, -0.2) is 4.79 Å². The molecule has 0 aliphatic heterocycles. The van der Waals surface area contributed by atoms with Crippen LogP contribution in [-0.4, -0.2) is 91.4 Å². The summed E-state index contributed by atoms with van der Waals surface area (Å²) in [4.78, 5) is 13.9. The molecule has 156 valence electrons. The Kier molecular flexibility index (Phi) is 18.0. The van der Waals surface area contributed by atoms with Gasteiger partial charge >= 0.3 is 6.09 Å². The quantitative estimate of drug-likeness (QED) is 0.154. The van der Waals surface area contributed by atoms with Gasteiger partial charge in [-0.05, 0) is 20.8 Å². The smallest absolute Gasteiger partial charge is 0.410 e. The molecule has 0 aromatic rings. The lowest BCUT2D eigenvalue weighted by molar-refractivity contribution is 0.000722. The van der Waals surface area contributed by atoms with Crippen LogP contribution in [0.25, 0.3) is 0 Å². The lowest BCUT2D eigenvalue weighted by atomic mass is 10.2. The summed E-state index contributed by atoms with van der Waals surface area (Å²) in [5, 5.41) is 0. The first kappa shape index (κ1) is 26.6. The van der Waals surface area contributed by atoms with Crippen molar-refractivity contribution in [2.24, 2.45) is 0 Å². The molecule has 0 aliphatic carbocycles. The highest BCUT2D eigenvalue weighted by atomic mass is 127. The van der Waals surface area contributed by atoms with Crippen LogP contribution < -0.4 is 0 Å². The molecule has 0 N–H and O–H groups in total. The average molecular weight is 601 g/mol.